The standard InChI is InChI=1S/C13H14N4O2S2/c1-8-16-17-13(21-8)20-7-11(18)15-10-5-3-4-9(6-10)12(19)14-2/h3-6H,7H2,1-2H3,(H,14,19)(H,15,18). The molecule has 6 nitrogen and oxygen atoms in total. The number of aromatic nitrogens is 2. The van der Waals surface area contributed by atoms with Crippen molar-refractivity contribution in [3.8, 4) is 0 Å². The van der Waals surface area contributed by atoms with E-state index in [-0.39, 0.29) is 17.6 Å². The van der Waals surface area contributed by atoms with Gasteiger partial charge in [0.15, 0.2) is 4.34 Å². The summed E-state index contributed by atoms with van der Waals surface area (Å²) in [6, 6.07) is 6.79. The van der Waals surface area contributed by atoms with Crippen molar-refractivity contribution in [1.82, 2.24) is 15.5 Å². The molecular formula is C13H14N4O2S2. The maximum absolute atomic E-state index is 11.9. The minimum Gasteiger partial charge on any atom is -0.355 e. The molecular weight excluding hydrogens is 308 g/mol. The number of aryl methyl sites for hydroxylation is 1. The fourth-order valence-electron chi connectivity index (χ4n) is 1.54. The first-order valence-electron chi connectivity index (χ1n) is 6.13. The second-order valence-electron chi connectivity index (χ2n) is 4.08. The highest BCUT2D eigenvalue weighted by Crippen LogP contribution is 2.22. The number of amides is 2. The van der Waals surface area contributed by atoms with Crippen LogP contribution in [0.25, 0.3) is 0 Å². The van der Waals surface area contributed by atoms with Crippen LogP contribution < -0.4 is 10.6 Å². The molecule has 1 aromatic carbocycles. The third kappa shape index (κ3) is 4.54. The van der Waals surface area contributed by atoms with Crippen LogP contribution in [0.2, 0.25) is 0 Å². The van der Waals surface area contributed by atoms with Gasteiger partial charge in [-0.1, -0.05) is 29.2 Å². The zero-order valence-corrected chi connectivity index (χ0v) is 13.2. The molecule has 0 unspecified atom stereocenters. The monoisotopic (exact) mass is 322 g/mol. The molecule has 0 aliphatic rings. The first kappa shape index (κ1) is 15.5. The minimum atomic E-state index is -0.190. The smallest absolute Gasteiger partial charge is 0.251 e. The van der Waals surface area contributed by atoms with Crippen LogP contribution in [-0.2, 0) is 4.79 Å². The molecule has 8 heteroatoms. The van der Waals surface area contributed by atoms with Gasteiger partial charge in [0.25, 0.3) is 5.91 Å². The second-order valence-corrected chi connectivity index (χ2v) is 6.49. The van der Waals surface area contributed by atoms with Gasteiger partial charge in [-0.15, -0.1) is 10.2 Å². The van der Waals surface area contributed by atoms with Gasteiger partial charge in [0, 0.05) is 18.3 Å². The predicted molar refractivity (Wildman–Crippen MR) is 83.8 cm³/mol. The Balaban J connectivity index is 1.91. The van der Waals surface area contributed by atoms with Crippen LogP contribution in [-0.4, -0.2) is 34.8 Å². The quantitative estimate of drug-likeness (QED) is 0.822. The molecule has 2 amide bonds. The van der Waals surface area contributed by atoms with Gasteiger partial charge < -0.3 is 10.6 Å². The fraction of sp³-hybridized carbons (Fsp3) is 0.231. The molecule has 0 radical (unpaired) electrons. The molecule has 0 saturated heterocycles. The van der Waals surface area contributed by atoms with Crippen LogP contribution in [0.5, 0.6) is 0 Å². The molecule has 110 valence electrons. The van der Waals surface area contributed by atoms with E-state index < -0.39 is 0 Å². The predicted octanol–water partition coefficient (Wildman–Crippen LogP) is 1.94. The SMILES string of the molecule is CNC(=O)c1cccc(NC(=O)CSc2nnc(C)s2)c1. The van der Waals surface area contributed by atoms with E-state index >= 15 is 0 Å². The number of thioether (sulfide) groups is 1. The molecule has 0 aliphatic heterocycles. The van der Waals surface area contributed by atoms with Crippen LogP contribution in [0.1, 0.15) is 15.4 Å². The van der Waals surface area contributed by atoms with Crippen molar-refractivity contribution in [1.29, 1.82) is 0 Å². The lowest BCUT2D eigenvalue weighted by Crippen LogP contribution is -2.18. The van der Waals surface area contributed by atoms with E-state index in [0.29, 0.717) is 11.3 Å². The molecule has 0 aliphatic carbocycles. The van der Waals surface area contributed by atoms with Gasteiger partial charge in [0.2, 0.25) is 5.91 Å². The molecule has 0 spiro atoms. The summed E-state index contributed by atoms with van der Waals surface area (Å²) in [6.07, 6.45) is 0. The zero-order chi connectivity index (χ0) is 15.2. The van der Waals surface area contributed by atoms with E-state index in [1.807, 2.05) is 6.92 Å². The molecule has 21 heavy (non-hydrogen) atoms. The summed E-state index contributed by atoms with van der Waals surface area (Å²) in [5.74, 6) is -0.0922. The number of anilines is 1. The normalized spacial score (nSPS) is 10.2. The Morgan fingerprint density at radius 3 is 2.81 bits per heavy atom. The number of rotatable bonds is 5. The van der Waals surface area contributed by atoms with Crippen molar-refractivity contribution < 1.29 is 9.59 Å². The first-order valence-corrected chi connectivity index (χ1v) is 7.93. The number of carbonyl (C=O) groups excluding carboxylic acids is 2. The third-order valence-corrected chi connectivity index (χ3v) is 4.44. The van der Waals surface area contributed by atoms with Crippen LogP contribution in [0.15, 0.2) is 28.6 Å². The van der Waals surface area contributed by atoms with Crippen molar-refractivity contribution in [2.24, 2.45) is 0 Å². The molecule has 2 N–H and O–H groups in total. The summed E-state index contributed by atoms with van der Waals surface area (Å²) in [5.41, 5.74) is 1.10. The summed E-state index contributed by atoms with van der Waals surface area (Å²) in [6.45, 7) is 1.87. The van der Waals surface area contributed by atoms with Crippen LogP contribution in [0, 0.1) is 6.92 Å². The topological polar surface area (TPSA) is 84.0 Å². The maximum atomic E-state index is 11.9. The van der Waals surface area contributed by atoms with E-state index in [1.54, 1.807) is 31.3 Å². The number of carbonyl (C=O) groups is 2. The fourth-order valence-corrected chi connectivity index (χ4v) is 3.16. The minimum absolute atomic E-state index is 0.151. The summed E-state index contributed by atoms with van der Waals surface area (Å²) >= 11 is 2.79. The van der Waals surface area contributed by atoms with Gasteiger partial charge in [-0.05, 0) is 25.1 Å². The number of benzene rings is 1. The molecule has 0 atom stereocenters. The van der Waals surface area contributed by atoms with Crippen molar-refractivity contribution in [3.05, 3.63) is 34.8 Å². The molecule has 1 heterocycles. The highest BCUT2D eigenvalue weighted by atomic mass is 32.2. The molecule has 0 fully saturated rings. The zero-order valence-electron chi connectivity index (χ0n) is 11.5. The number of hydrogen-bond acceptors (Lipinski definition) is 6. The maximum Gasteiger partial charge on any atom is 0.251 e. The highest BCUT2D eigenvalue weighted by molar-refractivity contribution is 8.01. The second kappa shape index (κ2) is 7.19. The van der Waals surface area contributed by atoms with Crippen molar-refractivity contribution in [2.45, 2.75) is 11.3 Å². The molecule has 2 aromatic rings. The number of hydrogen-bond donors (Lipinski definition) is 2. The van der Waals surface area contributed by atoms with E-state index in [2.05, 4.69) is 20.8 Å². The third-order valence-electron chi connectivity index (χ3n) is 2.47. The molecule has 1 aromatic heterocycles. The first-order chi connectivity index (χ1) is 10.1. The Kier molecular flexibility index (Phi) is 5.29. The Hall–Kier alpha value is -1.93. The largest absolute Gasteiger partial charge is 0.355 e. The lowest BCUT2D eigenvalue weighted by molar-refractivity contribution is -0.113. The van der Waals surface area contributed by atoms with E-state index in [0.717, 1.165) is 9.35 Å². The highest BCUT2D eigenvalue weighted by Gasteiger charge is 2.08. The Morgan fingerprint density at radius 1 is 1.33 bits per heavy atom. The molecule has 0 bridgehead atoms. The van der Waals surface area contributed by atoms with Gasteiger partial charge in [0.05, 0.1) is 5.75 Å². The van der Waals surface area contributed by atoms with Crippen LogP contribution in [0.3, 0.4) is 0 Å². The average molecular weight is 322 g/mol. The van der Waals surface area contributed by atoms with Gasteiger partial charge >= 0.3 is 0 Å². The van der Waals surface area contributed by atoms with Crippen molar-refractivity contribution in [2.75, 3.05) is 18.1 Å². The Bertz CT molecular complexity index is 657. The molecule has 0 saturated carbocycles. The lowest BCUT2D eigenvalue weighted by atomic mass is 10.2. The van der Waals surface area contributed by atoms with E-state index in [4.69, 9.17) is 0 Å². The van der Waals surface area contributed by atoms with Crippen molar-refractivity contribution in [3.63, 3.8) is 0 Å². The number of nitrogens with one attached hydrogen (secondary N) is 2. The Labute approximate surface area is 130 Å². The Morgan fingerprint density at radius 2 is 2.14 bits per heavy atom. The summed E-state index contributed by atoms with van der Waals surface area (Å²) < 4.78 is 0.766. The summed E-state index contributed by atoms with van der Waals surface area (Å²) in [5, 5.41) is 14.0. The number of nitrogens with zero attached hydrogens (tertiary/aromatic N) is 2. The van der Waals surface area contributed by atoms with Crippen LogP contribution >= 0.6 is 23.1 Å². The van der Waals surface area contributed by atoms with Crippen LogP contribution in [0.4, 0.5) is 5.69 Å². The van der Waals surface area contributed by atoms with Gasteiger partial charge in [-0.3, -0.25) is 9.59 Å². The summed E-state index contributed by atoms with van der Waals surface area (Å²) in [7, 11) is 1.56. The van der Waals surface area contributed by atoms with Crippen molar-refractivity contribution >= 4 is 40.6 Å². The van der Waals surface area contributed by atoms with E-state index in [9.17, 15) is 9.59 Å². The lowest BCUT2D eigenvalue weighted by Gasteiger charge is -2.06. The van der Waals surface area contributed by atoms with Gasteiger partial charge in [-0.2, -0.15) is 0 Å². The van der Waals surface area contributed by atoms with Gasteiger partial charge in [0.1, 0.15) is 5.01 Å². The van der Waals surface area contributed by atoms with E-state index in [1.165, 1.54) is 23.1 Å². The average Bonchev–Trinajstić information content (AvgIpc) is 2.90. The molecule has 2 rings (SSSR count). The summed E-state index contributed by atoms with van der Waals surface area (Å²) in [4.78, 5) is 23.4. The van der Waals surface area contributed by atoms with Gasteiger partial charge in [-0.25, -0.2) is 0 Å².